The van der Waals surface area contributed by atoms with Crippen LogP contribution in [0, 0.1) is 5.92 Å². The van der Waals surface area contributed by atoms with E-state index >= 15 is 0 Å². The van der Waals surface area contributed by atoms with Gasteiger partial charge < -0.3 is 4.57 Å². The summed E-state index contributed by atoms with van der Waals surface area (Å²) in [7, 11) is 1.03. The summed E-state index contributed by atoms with van der Waals surface area (Å²) in [5, 5.41) is 0. The van der Waals surface area contributed by atoms with E-state index in [4.69, 9.17) is 0 Å². The second kappa shape index (κ2) is 3.60. The average molecular weight is 150 g/mol. The number of hydrogen-bond donors (Lipinski definition) is 0. The Labute approximate surface area is 68.9 Å². The van der Waals surface area contributed by atoms with Crippen molar-refractivity contribution in [3.05, 3.63) is 12.5 Å². The molecule has 0 unspecified atom stereocenters. The van der Waals surface area contributed by atoms with E-state index in [0.29, 0.717) is 5.92 Å². The summed E-state index contributed by atoms with van der Waals surface area (Å²) in [6, 6.07) is 0. The lowest BCUT2D eigenvalue weighted by Gasteiger charge is -2.03. The van der Waals surface area contributed by atoms with Crippen LogP contribution < -0.4 is 5.59 Å². The van der Waals surface area contributed by atoms with Crippen LogP contribution in [0.1, 0.15) is 13.8 Å². The van der Waals surface area contributed by atoms with E-state index in [1.54, 1.807) is 0 Å². The van der Waals surface area contributed by atoms with Crippen molar-refractivity contribution in [2.75, 3.05) is 0 Å². The van der Waals surface area contributed by atoms with Gasteiger partial charge in [0.15, 0.2) is 7.28 Å². The minimum Gasteiger partial charge on any atom is -0.338 e. The molecule has 0 N–H and O–H groups in total. The quantitative estimate of drug-likeness (QED) is 0.578. The second-order valence-corrected chi connectivity index (χ2v) is 3.31. The van der Waals surface area contributed by atoms with Gasteiger partial charge in [-0.1, -0.05) is 20.7 Å². The molecule has 1 rings (SSSR count). The van der Waals surface area contributed by atoms with Gasteiger partial charge in [-0.3, -0.25) is 4.98 Å². The van der Waals surface area contributed by atoms with E-state index < -0.39 is 0 Å². The molecule has 0 aliphatic rings. The Morgan fingerprint density at radius 3 is 2.82 bits per heavy atom. The maximum absolute atomic E-state index is 4.25. The van der Waals surface area contributed by atoms with Crippen molar-refractivity contribution in [3.63, 3.8) is 0 Å². The van der Waals surface area contributed by atoms with Crippen molar-refractivity contribution in [2.24, 2.45) is 5.92 Å². The molecule has 0 atom stereocenters. The monoisotopic (exact) mass is 150 g/mol. The topological polar surface area (TPSA) is 17.8 Å². The lowest BCUT2D eigenvalue weighted by atomic mass is 9.79. The molecule has 3 heteroatoms. The highest BCUT2D eigenvalue weighted by atomic mass is 15.0. The van der Waals surface area contributed by atoms with Crippen LogP contribution in [0.2, 0.25) is 6.82 Å². The molecule has 0 aliphatic carbocycles. The summed E-state index contributed by atoms with van der Waals surface area (Å²) in [6.45, 7) is 7.63. The van der Waals surface area contributed by atoms with Crippen LogP contribution in [0.5, 0.6) is 0 Å². The number of aromatic nitrogens is 2. The Morgan fingerprint density at radius 1 is 1.64 bits per heavy atom. The van der Waals surface area contributed by atoms with Crippen LogP contribution in [0.4, 0.5) is 0 Å². The van der Waals surface area contributed by atoms with Crippen molar-refractivity contribution in [1.29, 1.82) is 0 Å². The number of nitrogens with zero attached hydrogens (tertiary/aromatic N) is 2. The number of hydrogen-bond acceptors (Lipinski definition) is 1. The van der Waals surface area contributed by atoms with Gasteiger partial charge >= 0.3 is 0 Å². The van der Waals surface area contributed by atoms with E-state index in [2.05, 4.69) is 36.4 Å². The van der Waals surface area contributed by atoms with E-state index in [1.165, 1.54) is 5.59 Å². The van der Waals surface area contributed by atoms with E-state index in [0.717, 1.165) is 13.8 Å². The zero-order valence-electron chi connectivity index (χ0n) is 7.54. The third kappa shape index (κ3) is 2.41. The van der Waals surface area contributed by atoms with Crippen molar-refractivity contribution in [2.45, 2.75) is 27.2 Å². The molecule has 1 aromatic rings. The van der Waals surface area contributed by atoms with E-state index in [-0.39, 0.29) is 0 Å². The summed E-state index contributed by atoms with van der Waals surface area (Å²) in [5.74, 6) is 0.703. The molecule has 1 aromatic heterocycles. The molecule has 0 saturated heterocycles. The fourth-order valence-electron chi connectivity index (χ4n) is 1.11. The van der Waals surface area contributed by atoms with E-state index in [9.17, 15) is 0 Å². The Hall–Kier alpha value is -0.725. The zero-order valence-corrected chi connectivity index (χ0v) is 7.54. The number of imidazole rings is 1. The highest BCUT2D eigenvalue weighted by Crippen LogP contribution is 1.96. The SMILES string of the molecule is CBc1cn(CC(C)C)cn1. The smallest absolute Gasteiger partial charge is 0.181 e. The third-order valence-corrected chi connectivity index (χ3v) is 1.62. The summed E-state index contributed by atoms with van der Waals surface area (Å²) in [6.07, 6.45) is 4.04. The van der Waals surface area contributed by atoms with Crippen LogP contribution in [-0.2, 0) is 6.54 Å². The number of rotatable bonds is 3. The summed E-state index contributed by atoms with van der Waals surface area (Å²) < 4.78 is 2.16. The van der Waals surface area contributed by atoms with Gasteiger partial charge in [0, 0.05) is 18.3 Å². The maximum Gasteiger partial charge on any atom is 0.181 e. The zero-order chi connectivity index (χ0) is 8.27. The molecule has 0 aliphatic heterocycles. The third-order valence-electron chi connectivity index (χ3n) is 1.62. The van der Waals surface area contributed by atoms with Crippen LogP contribution in [0.3, 0.4) is 0 Å². The van der Waals surface area contributed by atoms with Gasteiger partial charge in [-0.25, -0.2) is 0 Å². The molecule has 2 nitrogen and oxygen atoms in total. The molecule has 0 amide bonds. The molecular weight excluding hydrogens is 135 g/mol. The van der Waals surface area contributed by atoms with Crippen LogP contribution in [0.15, 0.2) is 12.5 Å². The van der Waals surface area contributed by atoms with Crippen LogP contribution in [0.25, 0.3) is 0 Å². The van der Waals surface area contributed by atoms with Gasteiger partial charge in [-0.15, -0.1) is 0 Å². The first-order chi connectivity index (χ1) is 5.22. The summed E-state index contributed by atoms with van der Waals surface area (Å²) in [4.78, 5) is 4.25. The summed E-state index contributed by atoms with van der Waals surface area (Å²) >= 11 is 0. The molecule has 0 spiro atoms. The van der Waals surface area contributed by atoms with E-state index in [1.807, 2.05) is 6.33 Å². The van der Waals surface area contributed by atoms with Gasteiger partial charge in [-0.2, -0.15) is 0 Å². The molecule has 60 valence electrons. The van der Waals surface area contributed by atoms with Crippen molar-refractivity contribution < 1.29 is 0 Å². The minimum absolute atomic E-state index is 0.703. The lowest BCUT2D eigenvalue weighted by molar-refractivity contribution is 0.523. The first-order valence-corrected chi connectivity index (χ1v) is 4.23. The Kier molecular flexibility index (Phi) is 2.74. The van der Waals surface area contributed by atoms with Gasteiger partial charge in [0.05, 0.1) is 6.33 Å². The molecule has 1 heterocycles. The van der Waals surface area contributed by atoms with Gasteiger partial charge in [0.25, 0.3) is 0 Å². The minimum atomic E-state index is 0.703. The lowest BCUT2D eigenvalue weighted by Crippen LogP contribution is -2.11. The maximum atomic E-state index is 4.25. The first-order valence-electron chi connectivity index (χ1n) is 4.23. The fraction of sp³-hybridized carbons (Fsp3) is 0.625. The fourth-order valence-corrected chi connectivity index (χ4v) is 1.11. The Balaban J connectivity index is 2.58. The molecule has 0 aromatic carbocycles. The largest absolute Gasteiger partial charge is 0.338 e. The molecule has 0 fully saturated rings. The van der Waals surface area contributed by atoms with Crippen molar-refractivity contribution >= 4 is 12.9 Å². The normalized spacial score (nSPS) is 10.5. The molecule has 0 radical (unpaired) electrons. The van der Waals surface area contributed by atoms with Crippen molar-refractivity contribution in [3.8, 4) is 0 Å². The second-order valence-electron chi connectivity index (χ2n) is 3.31. The standard InChI is InChI=1S/C8H15BN2/c1-7(2)4-11-5-8(9-3)10-6-11/h5-7,9H,4H2,1-3H3. The van der Waals surface area contributed by atoms with Gasteiger partial charge in [0.2, 0.25) is 0 Å². The Morgan fingerprint density at radius 2 is 2.36 bits per heavy atom. The Bertz CT molecular complexity index is 218. The van der Waals surface area contributed by atoms with Gasteiger partial charge in [0.1, 0.15) is 0 Å². The molecule has 0 saturated carbocycles. The molecule has 0 bridgehead atoms. The molecular formula is C8H15BN2. The van der Waals surface area contributed by atoms with Crippen LogP contribution >= 0.6 is 0 Å². The predicted octanol–water partition coefficient (Wildman–Crippen LogP) is 0.649. The van der Waals surface area contributed by atoms with Crippen molar-refractivity contribution in [1.82, 2.24) is 9.55 Å². The predicted molar refractivity (Wildman–Crippen MR) is 49.7 cm³/mol. The van der Waals surface area contributed by atoms with Gasteiger partial charge in [-0.05, 0) is 5.92 Å². The van der Waals surface area contributed by atoms with Crippen LogP contribution in [-0.4, -0.2) is 16.8 Å². The molecule has 11 heavy (non-hydrogen) atoms. The highest BCUT2D eigenvalue weighted by molar-refractivity contribution is 6.50. The average Bonchev–Trinajstić information content (AvgIpc) is 2.34. The summed E-state index contributed by atoms with van der Waals surface area (Å²) in [5.41, 5.74) is 1.19. The highest BCUT2D eigenvalue weighted by Gasteiger charge is 1.98. The first kappa shape index (κ1) is 8.37.